The minimum Gasteiger partial charge on any atom is -0.379 e. The van der Waals surface area contributed by atoms with Gasteiger partial charge in [-0.3, -0.25) is 0 Å². The zero-order valence-corrected chi connectivity index (χ0v) is 14.7. The van der Waals surface area contributed by atoms with E-state index in [1.54, 1.807) is 0 Å². The molecule has 1 unspecified atom stereocenters. The van der Waals surface area contributed by atoms with Crippen LogP contribution in [0.2, 0.25) is 0 Å². The van der Waals surface area contributed by atoms with Crippen LogP contribution in [0.1, 0.15) is 12.5 Å². The van der Waals surface area contributed by atoms with Crippen LogP contribution >= 0.6 is 7.75 Å². The van der Waals surface area contributed by atoms with E-state index in [0.29, 0.717) is 37.3 Å². The van der Waals surface area contributed by atoms with Crippen LogP contribution in [0, 0.1) is 0 Å². The molecule has 8 nitrogen and oxygen atoms in total. The molecule has 2 atom stereocenters. The molecule has 1 fully saturated rings. The maximum atomic E-state index is 12.4. The zero-order valence-electron chi connectivity index (χ0n) is 13.8. The number of quaternary nitrogens is 1. The van der Waals surface area contributed by atoms with Crippen molar-refractivity contribution in [2.45, 2.75) is 19.4 Å². The lowest BCUT2D eigenvalue weighted by atomic mass is 10.1. The Morgan fingerprint density at radius 2 is 2.04 bits per heavy atom. The molecule has 0 radical (unpaired) electrons. The van der Waals surface area contributed by atoms with Gasteiger partial charge in [-0.25, -0.2) is 19.5 Å². The van der Waals surface area contributed by atoms with Crippen molar-refractivity contribution in [2.24, 2.45) is 5.50 Å². The summed E-state index contributed by atoms with van der Waals surface area (Å²) in [5.41, 5.74) is 9.18. The van der Waals surface area contributed by atoms with E-state index in [4.69, 9.17) is 15.1 Å². The Balaban J connectivity index is 2.17. The van der Waals surface area contributed by atoms with Gasteiger partial charge in [-0.1, -0.05) is 30.3 Å². The fourth-order valence-corrected chi connectivity index (χ4v) is 3.17. The zero-order chi connectivity index (χ0) is 17.6. The maximum absolute atomic E-state index is 12.4. The number of ether oxygens (including phenoxy) is 1. The van der Waals surface area contributed by atoms with Crippen LogP contribution < -0.4 is 10.9 Å². The van der Waals surface area contributed by atoms with Crippen LogP contribution in [0.15, 0.2) is 30.3 Å². The van der Waals surface area contributed by atoms with Crippen LogP contribution in [-0.4, -0.2) is 54.3 Å². The maximum Gasteiger partial charge on any atom is 0.455 e. The SMILES string of the molecule is CC[N+]1(N[C@@H](Cc2ccccc2)C(=O)OP(N)(=O)O)CCOCC1. The van der Waals surface area contributed by atoms with Gasteiger partial charge >= 0.3 is 13.7 Å². The van der Waals surface area contributed by atoms with E-state index in [-0.39, 0.29) is 0 Å². The summed E-state index contributed by atoms with van der Waals surface area (Å²) in [7, 11) is -4.39. The fourth-order valence-electron chi connectivity index (χ4n) is 2.78. The Morgan fingerprint density at radius 1 is 1.42 bits per heavy atom. The summed E-state index contributed by atoms with van der Waals surface area (Å²) in [4.78, 5) is 21.5. The number of carbonyl (C=O) groups is 1. The minimum atomic E-state index is -4.39. The predicted molar refractivity (Wildman–Crippen MR) is 88.5 cm³/mol. The number of hydrogen-bond acceptors (Lipinski definition) is 5. The Kier molecular flexibility index (Phi) is 6.51. The predicted octanol–water partition coefficient (Wildman–Crippen LogP) is 0.571. The highest BCUT2D eigenvalue weighted by molar-refractivity contribution is 7.50. The van der Waals surface area contributed by atoms with Crippen molar-refractivity contribution >= 4 is 13.7 Å². The molecule has 24 heavy (non-hydrogen) atoms. The average molecular weight is 358 g/mol. The summed E-state index contributed by atoms with van der Waals surface area (Å²) >= 11 is 0. The molecule has 1 aromatic rings. The first-order valence-electron chi connectivity index (χ1n) is 7.94. The van der Waals surface area contributed by atoms with Gasteiger partial charge in [0.15, 0.2) is 6.04 Å². The van der Waals surface area contributed by atoms with Crippen molar-refractivity contribution in [3.63, 3.8) is 0 Å². The lowest BCUT2D eigenvalue weighted by molar-refractivity contribution is -0.976. The topological polar surface area (TPSA) is 111 Å². The van der Waals surface area contributed by atoms with Gasteiger partial charge in [0.2, 0.25) is 0 Å². The summed E-state index contributed by atoms with van der Waals surface area (Å²) < 4.78 is 21.7. The van der Waals surface area contributed by atoms with E-state index < -0.39 is 19.8 Å². The van der Waals surface area contributed by atoms with E-state index in [1.165, 1.54) is 0 Å². The molecule has 0 bridgehead atoms. The second-order valence-corrected chi connectivity index (χ2v) is 7.18. The average Bonchev–Trinajstić information content (AvgIpc) is 2.54. The molecule has 4 N–H and O–H groups in total. The number of hydrogen-bond donors (Lipinski definition) is 3. The standard InChI is InChI=1S/C15H24N3O5P/c1-2-18(8-10-22-11-9-18)17-14(15(19)23-24(16,20)21)12-13-6-4-3-5-7-13/h3-7,14,17H,2,8-12H2,1H3,(H2-,16,20,21)/p+1/t14-/m0/s1. The molecule has 1 aromatic carbocycles. The molecule has 1 saturated heterocycles. The number of carbonyl (C=O) groups excluding carboxylic acids is 1. The molecule has 1 heterocycles. The van der Waals surface area contributed by atoms with Gasteiger partial charge in [-0.05, 0) is 12.5 Å². The summed E-state index contributed by atoms with van der Waals surface area (Å²) in [6.45, 7) is 5.35. The Bertz CT molecular complexity index is 586. The largest absolute Gasteiger partial charge is 0.455 e. The van der Waals surface area contributed by atoms with Crippen LogP contribution in [-0.2, 0) is 25.0 Å². The van der Waals surface area contributed by atoms with Gasteiger partial charge < -0.3 is 14.2 Å². The van der Waals surface area contributed by atoms with Crippen LogP contribution in [0.4, 0.5) is 0 Å². The Morgan fingerprint density at radius 3 is 2.58 bits per heavy atom. The molecule has 0 saturated carbocycles. The molecule has 2 rings (SSSR count). The number of rotatable bonds is 7. The summed E-state index contributed by atoms with van der Waals surface area (Å²) in [5.74, 6) is -0.829. The minimum absolute atomic E-state index is 0.334. The smallest absolute Gasteiger partial charge is 0.379 e. The van der Waals surface area contributed by atoms with E-state index >= 15 is 0 Å². The summed E-state index contributed by atoms with van der Waals surface area (Å²) in [6, 6.07) is 8.62. The van der Waals surface area contributed by atoms with Crippen LogP contribution in [0.25, 0.3) is 0 Å². The van der Waals surface area contributed by atoms with Crippen molar-refractivity contribution in [1.29, 1.82) is 0 Å². The van der Waals surface area contributed by atoms with Gasteiger partial charge in [-0.2, -0.15) is 5.43 Å². The normalized spacial score (nSPS) is 20.8. The number of nitrogens with zero attached hydrogens (tertiary/aromatic N) is 1. The van der Waals surface area contributed by atoms with Crippen LogP contribution in [0.5, 0.6) is 0 Å². The second-order valence-electron chi connectivity index (χ2n) is 5.87. The summed E-state index contributed by atoms with van der Waals surface area (Å²) in [5, 5.41) is 0. The van der Waals surface area contributed by atoms with Crippen molar-refractivity contribution < 1.29 is 28.1 Å². The number of benzene rings is 1. The monoisotopic (exact) mass is 358 g/mol. The van der Waals surface area contributed by atoms with Gasteiger partial charge in [0, 0.05) is 6.42 Å². The Hall–Kier alpha value is -1.28. The first-order chi connectivity index (χ1) is 11.3. The Labute approximate surface area is 141 Å². The molecule has 1 aliphatic heterocycles. The lowest BCUT2D eigenvalue weighted by Gasteiger charge is -2.41. The van der Waals surface area contributed by atoms with Gasteiger partial charge in [0.25, 0.3) is 0 Å². The van der Waals surface area contributed by atoms with E-state index in [0.717, 1.165) is 12.1 Å². The first kappa shape index (κ1) is 19.1. The highest BCUT2D eigenvalue weighted by Gasteiger charge is 2.37. The molecule has 9 heteroatoms. The number of nitrogens with one attached hydrogen (secondary N) is 1. The third kappa shape index (κ3) is 5.66. The highest BCUT2D eigenvalue weighted by Crippen LogP contribution is 2.32. The number of likely N-dealkylation sites (N-methyl/N-ethyl adjacent to an activating group) is 1. The van der Waals surface area contributed by atoms with Crippen molar-refractivity contribution in [2.75, 3.05) is 32.8 Å². The fraction of sp³-hybridized carbons (Fsp3) is 0.533. The van der Waals surface area contributed by atoms with Crippen molar-refractivity contribution in [3.05, 3.63) is 35.9 Å². The van der Waals surface area contributed by atoms with Crippen molar-refractivity contribution in [3.8, 4) is 0 Å². The molecular formula is C15H25N3O5P+. The molecule has 0 amide bonds. The van der Waals surface area contributed by atoms with Crippen molar-refractivity contribution in [1.82, 2.24) is 5.43 Å². The molecule has 0 aliphatic carbocycles. The quantitative estimate of drug-likeness (QED) is 0.483. The number of nitrogens with two attached hydrogens (primary N) is 1. The second kappa shape index (κ2) is 8.20. The highest BCUT2D eigenvalue weighted by atomic mass is 31.2. The van der Waals surface area contributed by atoms with E-state index in [1.807, 2.05) is 37.3 Å². The van der Waals surface area contributed by atoms with Gasteiger partial charge in [0.1, 0.15) is 13.1 Å². The van der Waals surface area contributed by atoms with E-state index in [9.17, 15) is 9.36 Å². The van der Waals surface area contributed by atoms with Crippen LogP contribution in [0.3, 0.4) is 0 Å². The van der Waals surface area contributed by atoms with E-state index in [2.05, 4.69) is 9.95 Å². The molecular weight excluding hydrogens is 333 g/mol. The number of morpholine rings is 1. The summed E-state index contributed by atoms with van der Waals surface area (Å²) in [6.07, 6.45) is 0.334. The first-order valence-corrected chi connectivity index (χ1v) is 9.58. The molecule has 134 valence electrons. The molecule has 0 aromatic heterocycles. The molecule has 1 aliphatic rings. The van der Waals surface area contributed by atoms with Gasteiger partial charge in [-0.15, -0.1) is 0 Å². The van der Waals surface area contributed by atoms with Gasteiger partial charge in [0.05, 0.1) is 19.8 Å². The third-order valence-corrected chi connectivity index (χ3v) is 4.59. The lowest BCUT2D eigenvalue weighted by Crippen LogP contribution is -2.67. The molecule has 0 spiro atoms. The third-order valence-electron chi connectivity index (χ3n) is 4.15.